The van der Waals surface area contributed by atoms with Crippen LogP contribution >= 0.6 is 0 Å². The first-order valence-corrected chi connectivity index (χ1v) is 33.5. The van der Waals surface area contributed by atoms with E-state index in [9.17, 15) is 44.3 Å². The number of carbonyl (C=O) groups is 11. The lowest BCUT2D eigenvalue weighted by Crippen LogP contribution is -2.64. The molecule has 1 aliphatic rings. The highest BCUT2D eigenvalue weighted by molar-refractivity contribution is 6.00. The van der Waals surface area contributed by atoms with Crippen LogP contribution in [0.2, 0.25) is 0 Å². The Morgan fingerprint density at radius 3 is 1.37 bits per heavy atom. The molecule has 6 N–H and O–H groups in total. The van der Waals surface area contributed by atoms with Crippen molar-refractivity contribution in [1.82, 2.24) is 60.5 Å². The van der Waals surface area contributed by atoms with Gasteiger partial charge in [-0.2, -0.15) is 0 Å². The molecule has 1 aliphatic heterocycles. The standard InChI is InChI=1S/C67H121N13O15/c1-27-29-30-42(13)55(81)54-59(85)70-46(28-2)61(87)75(22)50(34-45(80(94)95)36-72(18)19)63(89)77(24)51(35-67(16,17)93)58(84)71-52(40(9)10)65(91)73(20)47(31-37(3)4)57(83)68-43(14)56(82)69-44(15)60(86)74(21)48(32-38(5)6)62(88)76(23)49(33-39(7)8)64(90)78(25)53(41(11)12)66(92)79(54)26/h27,29,37-55,81,93H,28,30-36H2,1-26H3,(H,68,83)(H,69,82)(H,70,85)(H,71,84)/b29-27+/t42-,43+,44-,45?,46+,47+,48+,49+,50-,51+,52+,53+,54+,55-/m1/s1. The Hall–Kier alpha value is -6.81. The Morgan fingerprint density at radius 2 is 0.937 bits per heavy atom. The SMILES string of the molecule is C/C=C/C[C@@H](C)[C@@H](O)[C@H]1C(=O)N[C@@H](CC)C(=O)N(C)[C@H](CC(CN(C)C)[N+](=O)[O-])C(=O)N(C)[C@@H](CC(C)(C)O)C(=O)N[C@@H](C(C)C)C(=O)N(C)[C@@H](CC(C)C)C(=O)N[C@@H](C)C(=O)N[C@H](C)C(=O)N(C)[C@@H](CC(C)C)C(=O)N(C)[C@@H](CC(C)C)C(=O)N(C)[C@@H](C(C)C)C(=O)N1C. The summed E-state index contributed by atoms with van der Waals surface area (Å²) in [4.78, 5) is 186. The largest absolute Gasteiger partial charge is 0.390 e. The van der Waals surface area contributed by atoms with E-state index in [1.807, 2.05) is 41.5 Å². The summed E-state index contributed by atoms with van der Waals surface area (Å²) in [5.41, 5.74) is -1.70. The summed E-state index contributed by atoms with van der Waals surface area (Å²) in [5.74, 6) is -11.6. The van der Waals surface area contributed by atoms with E-state index in [-0.39, 0.29) is 56.4 Å². The average molecular weight is 1350 g/mol. The number of nitrogens with zero attached hydrogens (tertiary/aromatic N) is 9. The minimum absolute atomic E-state index is 0.0697. The number of hydrogen-bond donors (Lipinski definition) is 6. The lowest BCUT2D eigenvalue weighted by molar-refractivity contribution is -0.524. The first kappa shape index (κ1) is 86.2. The second-order valence-corrected chi connectivity index (χ2v) is 29.1. The van der Waals surface area contributed by atoms with Crippen LogP contribution in [0.1, 0.15) is 163 Å². The third-order valence-electron chi connectivity index (χ3n) is 17.7. The van der Waals surface area contributed by atoms with Crippen LogP contribution < -0.4 is 21.3 Å². The van der Waals surface area contributed by atoms with Crippen LogP contribution in [0.4, 0.5) is 0 Å². The van der Waals surface area contributed by atoms with Crippen LogP contribution in [0.15, 0.2) is 12.2 Å². The van der Waals surface area contributed by atoms with Gasteiger partial charge in [0.2, 0.25) is 71.0 Å². The molecule has 1 heterocycles. The van der Waals surface area contributed by atoms with Crippen LogP contribution in [-0.4, -0.2) is 273 Å². The van der Waals surface area contributed by atoms with Gasteiger partial charge in [0, 0.05) is 67.1 Å². The maximum atomic E-state index is 15.4. The van der Waals surface area contributed by atoms with E-state index in [4.69, 9.17) is 0 Å². The van der Waals surface area contributed by atoms with Crippen LogP contribution in [0.25, 0.3) is 0 Å². The van der Waals surface area contributed by atoms with Gasteiger partial charge in [-0.15, -0.1) is 0 Å². The molecule has 28 nitrogen and oxygen atoms in total. The molecular weight excluding hydrogens is 1230 g/mol. The van der Waals surface area contributed by atoms with E-state index < -0.39 is 185 Å². The smallest absolute Gasteiger partial charge is 0.246 e. The highest BCUT2D eigenvalue weighted by Gasteiger charge is 2.47. The number of carbonyl (C=O) groups excluding carboxylic acids is 11. The van der Waals surface area contributed by atoms with Crippen LogP contribution in [-0.2, 0) is 52.7 Å². The normalized spacial score (nSPS) is 26.6. The highest BCUT2D eigenvalue weighted by atomic mass is 16.6. The van der Waals surface area contributed by atoms with Crippen molar-refractivity contribution < 1.29 is 67.9 Å². The molecule has 0 aromatic heterocycles. The lowest BCUT2D eigenvalue weighted by Gasteiger charge is -2.41. The molecule has 0 radical (unpaired) electrons. The zero-order chi connectivity index (χ0) is 73.9. The van der Waals surface area contributed by atoms with E-state index in [0.29, 0.717) is 0 Å². The molecule has 11 amide bonds. The van der Waals surface area contributed by atoms with E-state index >= 15 is 28.8 Å². The summed E-state index contributed by atoms with van der Waals surface area (Å²) in [6.07, 6.45) is 1.13. The first-order valence-electron chi connectivity index (χ1n) is 33.5. The predicted octanol–water partition coefficient (Wildman–Crippen LogP) is 2.35. The third-order valence-corrected chi connectivity index (χ3v) is 17.7. The highest BCUT2D eigenvalue weighted by Crippen LogP contribution is 2.27. The van der Waals surface area contributed by atoms with Crippen LogP contribution in [0, 0.1) is 45.6 Å². The summed E-state index contributed by atoms with van der Waals surface area (Å²) in [6.45, 7) is 28.0. The summed E-state index contributed by atoms with van der Waals surface area (Å²) in [6, 6.07) is -17.1. The molecule has 95 heavy (non-hydrogen) atoms. The molecule has 28 heteroatoms. The van der Waals surface area contributed by atoms with Gasteiger partial charge in [0.1, 0.15) is 66.5 Å². The minimum atomic E-state index is -1.75. The van der Waals surface area contributed by atoms with Gasteiger partial charge in [-0.1, -0.05) is 95.2 Å². The van der Waals surface area contributed by atoms with Crippen molar-refractivity contribution >= 4 is 65.0 Å². The molecule has 0 saturated carbocycles. The number of nitrogens with one attached hydrogen (secondary N) is 4. The molecule has 0 aromatic carbocycles. The molecule has 544 valence electrons. The van der Waals surface area contributed by atoms with Crippen molar-refractivity contribution in [3.05, 3.63) is 22.3 Å². The van der Waals surface area contributed by atoms with Crippen molar-refractivity contribution in [2.75, 3.05) is 70.0 Å². The number of allylic oxidation sites excluding steroid dienone is 2. The van der Waals surface area contributed by atoms with Crippen molar-refractivity contribution in [1.29, 1.82) is 0 Å². The lowest BCUT2D eigenvalue weighted by atomic mass is 9.91. The quantitative estimate of drug-likeness (QED) is 0.0579. The van der Waals surface area contributed by atoms with Crippen LogP contribution in [0.5, 0.6) is 0 Å². The summed E-state index contributed by atoms with van der Waals surface area (Å²) < 4.78 is 0. The van der Waals surface area contributed by atoms with Gasteiger partial charge in [-0.25, -0.2) is 0 Å². The molecular formula is C67H121N13O15. The summed E-state index contributed by atoms with van der Waals surface area (Å²) >= 11 is 0. The first-order chi connectivity index (χ1) is 43.6. The van der Waals surface area contributed by atoms with Crippen molar-refractivity contribution in [2.24, 2.45) is 35.5 Å². The van der Waals surface area contributed by atoms with Crippen molar-refractivity contribution in [3.63, 3.8) is 0 Å². The van der Waals surface area contributed by atoms with Gasteiger partial charge in [0.25, 0.3) is 0 Å². The van der Waals surface area contributed by atoms with Gasteiger partial charge < -0.3 is 70.7 Å². The van der Waals surface area contributed by atoms with E-state index in [0.717, 1.165) is 19.6 Å². The maximum Gasteiger partial charge on any atom is 0.246 e. The molecule has 1 saturated heterocycles. The molecule has 14 atom stereocenters. The van der Waals surface area contributed by atoms with E-state index in [1.165, 1.54) is 96.6 Å². The Balaban J connectivity index is 4.67. The Kier molecular flexibility index (Phi) is 34.7. The number of nitro groups is 1. The fourth-order valence-electron chi connectivity index (χ4n) is 12.0. The molecule has 1 rings (SSSR count). The second kappa shape index (κ2) is 38.2. The van der Waals surface area contributed by atoms with Crippen molar-refractivity contribution in [3.8, 4) is 0 Å². The fourth-order valence-corrected chi connectivity index (χ4v) is 12.0. The molecule has 0 aromatic rings. The number of amides is 11. The van der Waals surface area contributed by atoms with Crippen molar-refractivity contribution in [2.45, 2.75) is 247 Å². The Labute approximate surface area is 565 Å². The molecule has 0 aliphatic carbocycles. The van der Waals surface area contributed by atoms with Gasteiger partial charge in [-0.05, 0) is 116 Å². The topological polar surface area (TPSA) is 345 Å². The molecule has 0 spiro atoms. The predicted molar refractivity (Wildman–Crippen MR) is 363 cm³/mol. The van der Waals surface area contributed by atoms with E-state index in [1.54, 1.807) is 74.7 Å². The monoisotopic (exact) mass is 1350 g/mol. The number of aliphatic hydroxyl groups excluding tert-OH is 1. The minimum Gasteiger partial charge on any atom is -0.390 e. The van der Waals surface area contributed by atoms with E-state index in [2.05, 4.69) is 21.3 Å². The number of hydrogen-bond acceptors (Lipinski definition) is 16. The Bertz CT molecular complexity index is 2660. The summed E-state index contributed by atoms with van der Waals surface area (Å²) in [7, 11) is 12.5. The Morgan fingerprint density at radius 1 is 0.526 bits per heavy atom. The number of rotatable bonds is 20. The van der Waals surface area contributed by atoms with Gasteiger partial charge >= 0.3 is 0 Å². The molecule has 0 bridgehead atoms. The number of aliphatic hydroxyl groups is 2. The molecule has 1 fully saturated rings. The molecule has 1 unspecified atom stereocenters. The van der Waals surface area contributed by atoms with Crippen LogP contribution in [0.3, 0.4) is 0 Å². The fraction of sp³-hybridized carbons (Fsp3) is 0.806. The van der Waals surface area contributed by atoms with Gasteiger partial charge in [0.15, 0.2) is 0 Å². The van der Waals surface area contributed by atoms with Gasteiger partial charge in [0.05, 0.1) is 18.2 Å². The zero-order valence-corrected chi connectivity index (χ0v) is 62.0. The average Bonchev–Trinajstić information content (AvgIpc) is 0.817. The van der Waals surface area contributed by atoms with Gasteiger partial charge in [-0.3, -0.25) is 62.9 Å². The number of likely N-dealkylation sites (N-methyl/N-ethyl adjacent to an activating group) is 8. The maximum absolute atomic E-state index is 15.4. The third kappa shape index (κ3) is 24.7. The summed E-state index contributed by atoms with van der Waals surface area (Å²) in [5, 5.41) is 47.3. The zero-order valence-electron chi connectivity index (χ0n) is 62.0. The second-order valence-electron chi connectivity index (χ2n) is 29.1.